The first-order valence-electron chi connectivity index (χ1n) is 36.8. The topological polar surface area (TPSA) is 492 Å². The van der Waals surface area contributed by atoms with E-state index in [0.717, 1.165) is 71.3 Å². The number of benzene rings is 7. The van der Waals surface area contributed by atoms with Gasteiger partial charge >= 0.3 is 5.97 Å². The lowest BCUT2D eigenvalue weighted by Crippen LogP contribution is -2.65. The molecule has 2 fully saturated rings. The van der Waals surface area contributed by atoms with Gasteiger partial charge in [0.25, 0.3) is 0 Å². The van der Waals surface area contributed by atoms with Gasteiger partial charge in [0.05, 0.1) is 46.7 Å². The monoisotopic (exact) mass is 1650 g/mol. The van der Waals surface area contributed by atoms with E-state index in [-0.39, 0.29) is 64.1 Å². The molecule has 7 aromatic rings. The summed E-state index contributed by atoms with van der Waals surface area (Å²) in [6.07, 6.45) is -20.4. The third kappa shape index (κ3) is 18.4. The van der Waals surface area contributed by atoms with Crippen LogP contribution in [0.15, 0.2) is 127 Å². The number of halogens is 3. The summed E-state index contributed by atoms with van der Waals surface area (Å²) in [4.78, 5) is 118. The van der Waals surface area contributed by atoms with E-state index in [0.29, 0.717) is 5.02 Å². The number of likely N-dealkylation sites (N-methyl/N-ethyl adjacent to an activating group) is 1. The highest BCUT2D eigenvalue weighted by molar-refractivity contribution is 6.32. The van der Waals surface area contributed by atoms with Crippen LogP contribution in [0.2, 0.25) is 15.1 Å². The van der Waals surface area contributed by atoms with Crippen molar-refractivity contribution in [2.24, 2.45) is 17.6 Å². The summed E-state index contributed by atoms with van der Waals surface area (Å²) in [6.45, 7) is 6.22. The van der Waals surface area contributed by atoms with Crippen molar-refractivity contribution >= 4 is 81.9 Å². The Hall–Kier alpha value is -10.1. The van der Waals surface area contributed by atoms with Crippen LogP contribution in [-0.2, 0) is 59.1 Å². The second-order valence-corrected chi connectivity index (χ2v) is 31.0. The molecule has 0 aliphatic carbocycles. The number of fused-ring (bicyclic) bond motifs is 15. The molecule has 0 radical (unpaired) electrons. The molecule has 14 rings (SSSR count). The standard InChI is InChI=1S/C81H86Cl3N7O24/c1-34(2)20-51(86-5)77(106)90-66-54(96)24-43(27-61(85)98)75(104)88-64-42-25-58(111-56-18-13-40(68(66)99)22-49(56)83)72(115-80-73(71(102)70(101)60(33-92)113-80)114-62-31-81(4,74(103)35(3)110-62)87-32-36-6-8-37(9-7-36)38-10-15-44(82)16-11-38)59(26-42)112-57-19-14-41(23-50(57)84)69(100)67-78(107)89-65(79(108)109)48-28-45(93)29-53(95)63(48)47-21-39(12-17-52(47)94)46(30-55(64)97)76(105)91-67/h6-19,21-23,25-26,28-29,34-35,43,46,51,60,62,64-71,73-74,80,86-87,92-95,99-103H,20,24,27,30-33H2,1-5H3,(H2,85,98)(H,88,104)(H,89,107)(H,90,106)(H,91,105)(H,108,109). The van der Waals surface area contributed by atoms with Crippen molar-refractivity contribution in [1.29, 1.82) is 0 Å². The van der Waals surface area contributed by atoms with Crippen molar-refractivity contribution in [3.63, 3.8) is 0 Å². The van der Waals surface area contributed by atoms with Crippen LogP contribution in [0.3, 0.4) is 0 Å². The maximum atomic E-state index is 16.3. The molecule has 115 heavy (non-hydrogen) atoms. The van der Waals surface area contributed by atoms with Gasteiger partial charge in [-0.05, 0) is 139 Å². The lowest BCUT2D eigenvalue weighted by Gasteiger charge is -2.48. The molecular weight excluding hydrogens is 1560 g/mol. The van der Waals surface area contributed by atoms with Crippen LogP contribution in [0, 0.1) is 11.8 Å². The normalized spacial score (nSPS) is 27.4. The maximum Gasteiger partial charge on any atom is 0.330 e. The Morgan fingerprint density at radius 2 is 1.31 bits per heavy atom. The van der Waals surface area contributed by atoms with Crippen LogP contribution >= 0.6 is 34.8 Å². The molecule has 2 saturated heterocycles. The molecule has 11 bridgehead atoms. The van der Waals surface area contributed by atoms with E-state index in [1.165, 1.54) is 31.3 Å². The first-order chi connectivity index (χ1) is 54.6. The number of carbonyl (C=O) groups is 8. The number of ether oxygens (including phenoxy) is 6. The van der Waals surface area contributed by atoms with Crippen LogP contribution in [-0.4, -0.2) is 185 Å². The van der Waals surface area contributed by atoms with Gasteiger partial charge in [0.15, 0.2) is 41.5 Å². The van der Waals surface area contributed by atoms with E-state index in [9.17, 15) is 70.2 Å². The fraction of sp³-hybridized carbons (Fsp3) is 0.383. The molecule has 7 aliphatic heterocycles. The molecule has 0 aromatic heterocycles. The Labute approximate surface area is 672 Å². The SMILES string of the molecule is CNC(CC(C)C)C(=O)NC1C(=O)CC(CC(N)=O)C(=O)NC2C(=O)CC3C(=O)NC(C(=O)NC(C(=O)O)c4cc(O)cc(O)c4-c4cc3ccc4O)C(O)c3ccc(c(Cl)c3)Oc3cc2cc(c3OC2OC(CO)C(O)C(O)C2OC2CC(C)(NCc3ccc(-c4ccc(Cl)cc4)cc3)C(O)C(C)O2)Oc2ccc(cc2Cl)C1O. The Morgan fingerprint density at radius 3 is 1.91 bits per heavy atom. The highest BCUT2D eigenvalue weighted by Gasteiger charge is 2.52. The number of aromatic hydroxyl groups is 3. The van der Waals surface area contributed by atoms with Gasteiger partial charge in [-0.2, -0.15) is 0 Å². The molecule has 610 valence electrons. The van der Waals surface area contributed by atoms with Crippen molar-refractivity contribution < 1.29 is 118 Å². The van der Waals surface area contributed by atoms with E-state index in [1.807, 2.05) is 50.2 Å². The first-order valence-corrected chi connectivity index (χ1v) is 38.0. The lowest BCUT2D eigenvalue weighted by atomic mass is 9.84. The summed E-state index contributed by atoms with van der Waals surface area (Å²) in [6, 6.07) is 19.6. The Morgan fingerprint density at radius 1 is 0.687 bits per heavy atom. The van der Waals surface area contributed by atoms with Crippen LogP contribution in [0.1, 0.15) is 123 Å². The number of aliphatic hydroxyl groups excluding tert-OH is 6. The molecule has 7 heterocycles. The average Bonchev–Trinajstić information content (AvgIpc) is 0.764. The number of amides is 5. The zero-order valence-corrected chi connectivity index (χ0v) is 64.6. The average molecular weight is 1650 g/mol. The van der Waals surface area contributed by atoms with Crippen LogP contribution < -0.4 is 51.8 Å². The minimum absolute atomic E-state index is 0.0857. The highest BCUT2D eigenvalue weighted by atomic mass is 35.5. The third-order valence-electron chi connectivity index (χ3n) is 21.2. The number of carboxylic acid groups (broad SMARTS) is 1. The molecule has 18 atom stereocenters. The number of nitrogens with one attached hydrogen (secondary N) is 6. The molecular formula is C81H86Cl3N7O24. The summed E-state index contributed by atoms with van der Waals surface area (Å²) in [5.74, 6) is -18.6. The second kappa shape index (κ2) is 35.2. The molecule has 18 unspecified atom stereocenters. The Bertz CT molecular complexity index is 4890. The molecule has 7 aromatic carbocycles. The van der Waals surface area contributed by atoms with Gasteiger partial charge in [0.1, 0.15) is 77.4 Å². The van der Waals surface area contributed by atoms with E-state index in [4.69, 9.17) is 69.0 Å². The fourth-order valence-electron chi connectivity index (χ4n) is 14.9. The summed E-state index contributed by atoms with van der Waals surface area (Å²) >= 11 is 20.5. The molecule has 7 aliphatic rings. The molecule has 0 spiro atoms. The number of nitrogens with two attached hydrogens (primary N) is 1. The van der Waals surface area contributed by atoms with Gasteiger partial charge in [0.2, 0.25) is 41.6 Å². The van der Waals surface area contributed by atoms with E-state index in [2.05, 4.69) is 31.9 Å². The predicted octanol–water partition coefficient (Wildman–Crippen LogP) is 6.23. The minimum Gasteiger partial charge on any atom is -0.508 e. The van der Waals surface area contributed by atoms with Crippen molar-refractivity contribution in [3.8, 4) is 68.2 Å². The largest absolute Gasteiger partial charge is 0.508 e. The smallest absolute Gasteiger partial charge is 0.330 e. The van der Waals surface area contributed by atoms with Gasteiger partial charge in [-0.3, -0.25) is 33.6 Å². The van der Waals surface area contributed by atoms with E-state index in [1.54, 1.807) is 26.0 Å². The second-order valence-electron chi connectivity index (χ2n) is 29.8. The first kappa shape index (κ1) is 84.3. The van der Waals surface area contributed by atoms with Crippen LogP contribution in [0.25, 0.3) is 22.3 Å². The number of aliphatic hydroxyl groups is 6. The van der Waals surface area contributed by atoms with Crippen molar-refractivity contribution in [1.82, 2.24) is 31.9 Å². The number of hydrogen-bond donors (Lipinski definition) is 17. The number of phenols is 3. The summed E-state index contributed by atoms with van der Waals surface area (Å²) in [5, 5.41) is 133. The van der Waals surface area contributed by atoms with Crippen molar-refractivity contribution in [3.05, 3.63) is 176 Å². The lowest BCUT2D eigenvalue weighted by molar-refractivity contribution is -0.334. The number of phenolic OH excluding ortho intramolecular Hbond substituents is 3. The van der Waals surface area contributed by atoms with Gasteiger partial charge < -0.3 is 117 Å². The number of Topliss-reactive ketones (excluding diaryl/α,β-unsaturated/α-hetero) is 2. The van der Waals surface area contributed by atoms with E-state index >= 15 is 19.2 Å². The Balaban J connectivity index is 1.04. The number of hydrogen-bond acceptors (Lipinski definition) is 25. The van der Waals surface area contributed by atoms with Gasteiger partial charge in [-0.1, -0.05) is 103 Å². The van der Waals surface area contributed by atoms with Gasteiger partial charge in [-0.15, -0.1) is 0 Å². The van der Waals surface area contributed by atoms with E-state index < -0.39 is 238 Å². The van der Waals surface area contributed by atoms with Gasteiger partial charge in [-0.25, -0.2) is 4.79 Å². The number of carboxylic acids is 1. The maximum absolute atomic E-state index is 16.3. The molecule has 5 amide bonds. The summed E-state index contributed by atoms with van der Waals surface area (Å²) in [5.41, 5.74) is 4.80. The van der Waals surface area contributed by atoms with Crippen molar-refractivity contribution in [2.75, 3.05) is 13.7 Å². The van der Waals surface area contributed by atoms with Crippen LogP contribution in [0.4, 0.5) is 0 Å². The predicted molar refractivity (Wildman–Crippen MR) is 411 cm³/mol. The Kier molecular flexibility index (Phi) is 25.8. The number of ketones is 2. The molecule has 18 N–H and O–H groups in total. The zero-order chi connectivity index (χ0) is 82.9. The summed E-state index contributed by atoms with van der Waals surface area (Å²) in [7, 11) is 1.50. The van der Waals surface area contributed by atoms with Crippen LogP contribution in [0.5, 0.6) is 46.0 Å². The number of rotatable bonds is 17. The van der Waals surface area contributed by atoms with Crippen molar-refractivity contribution in [2.45, 2.75) is 169 Å². The van der Waals surface area contributed by atoms with Gasteiger partial charge in [0, 0.05) is 65.5 Å². The zero-order valence-electron chi connectivity index (χ0n) is 62.4. The molecule has 31 nitrogen and oxygen atoms in total. The fourth-order valence-corrected chi connectivity index (χ4v) is 15.5. The third-order valence-corrected chi connectivity index (χ3v) is 22.0. The number of primary amides is 1. The number of carbonyl (C=O) groups excluding carboxylic acids is 7. The highest BCUT2D eigenvalue weighted by Crippen LogP contribution is 2.51. The summed E-state index contributed by atoms with van der Waals surface area (Å²) < 4.78 is 39.6. The quantitative estimate of drug-likeness (QED) is 0.0480. The molecule has 34 heteroatoms. The molecule has 0 saturated carbocycles. The number of aliphatic carboxylic acids is 1. The minimum atomic E-state index is -2.26.